The molecule has 20 heavy (non-hydrogen) atoms. The fraction of sp³-hybridized carbons (Fsp3) is 0.800. The van der Waals surface area contributed by atoms with E-state index in [1.165, 1.54) is 22.6 Å². The van der Waals surface area contributed by atoms with E-state index in [-0.39, 0.29) is 6.42 Å². The summed E-state index contributed by atoms with van der Waals surface area (Å²) in [7, 11) is 0. The van der Waals surface area contributed by atoms with Crippen LogP contribution in [0.2, 0.25) is 0 Å². The smallest absolute Gasteiger partial charge is 0.195 e. The van der Waals surface area contributed by atoms with Gasteiger partial charge in [0.2, 0.25) is 0 Å². The average Bonchev–Trinajstić information content (AvgIpc) is 2.23. The van der Waals surface area contributed by atoms with E-state index in [9.17, 15) is 39.5 Å². The molecule has 0 aromatic carbocycles. The largest absolute Gasteiger partial charge is 0.460 e. The molecule has 0 atom stereocenters. The van der Waals surface area contributed by atoms with E-state index >= 15 is 0 Å². The Labute approximate surface area is 122 Å². The van der Waals surface area contributed by atoms with Gasteiger partial charge in [-0.25, -0.2) is 0 Å². The summed E-state index contributed by atoms with van der Waals surface area (Å²) in [6.07, 6.45) is -6.60. The molecule has 0 heterocycles. The second kappa shape index (κ2) is 6.30. The van der Waals surface area contributed by atoms with E-state index in [0.29, 0.717) is 12.8 Å². The number of rotatable bonds is 6. The molecule has 0 N–H and O–H groups in total. The number of hydrogen-bond acceptors (Lipinski definition) is 0. The van der Waals surface area contributed by atoms with Crippen LogP contribution in [0.15, 0.2) is 9.66 Å². The summed E-state index contributed by atoms with van der Waals surface area (Å²) < 4.78 is 112. The van der Waals surface area contributed by atoms with Crippen molar-refractivity contribution in [3.8, 4) is 0 Å². The number of hydrogen-bond donors (Lipinski definition) is 0. The van der Waals surface area contributed by atoms with Crippen LogP contribution in [0.1, 0.15) is 26.2 Å². The van der Waals surface area contributed by atoms with Crippen LogP contribution in [0.25, 0.3) is 0 Å². The lowest BCUT2D eigenvalue weighted by Crippen LogP contribution is -2.60. The predicted octanol–water partition coefficient (Wildman–Crippen LogP) is 5.96. The molecule has 0 bridgehead atoms. The van der Waals surface area contributed by atoms with Crippen LogP contribution in [0.5, 0.6) is 0 Å². The molecule has 0 rings (SSSR count). The third kappa shape index (κ3) is 3.94. The summed E-state index contributed by atoms with van der Waals surface area (Å²) >= 11 is 1.20. The van der Waals surface area contributed by atoms with Crippen molar-refractivity contribution < 1.29 is 39.5 Å². The van der Waals surface area contributed by atoms with Crippen LogP contribution in [0, 0.1) is 0 Å². The van der Waals surface area contributed by atoms with Gasteiger partial charge >= 0.3 is 23.9 Å². The SMILES string of the molecule is CCCC/C(I)=C/C(F)(F)C(F)(F)C(F)(F)C(F)(F)F. The highest BCUT2D eigenvalue weighted by Gasteiger charge is 2.81. The standard InChI is InChI=1S/C10H10F9I/c1-2-3-4-6(20)5-7(11,12)8(13,14)9(15,16)10(17,18)19/h5H,2-4H2,1H3/b6-5-. The fourth-order valence-corrected chi connectivity index (χ4v) is 1.86. The molecule has 0 saturated carbocycles. The Morgan fingerprint density at radius 2 is 1.35 bits per heavy atom. The van der Waals surface area contributed by atoms with Gasteiger partial charge < -0.3 is 0 Å². The third-order valence-electron chi connectivity index (χ3n) is 2.28. The second-order valence-corrected chi connectivity index (χ2v) is 5.35. The number of unbranched alkanes of at least 4 members (excludes halogenated alkanes) is 1. The highest BCUT2D eigenvalue weighted by molar-refractivity contribution is 14.1. The minimum absolute atomic E-state index is 0.111. The van der Waals surface area contributed by atoms with Crippen molar-refractivity contribution in [2.45, 2.75) is 50.1 Å². The zero-order chi connectivity index (χ0) is 16.4. The maximum atomic E-state index is 13.1. The summed E-state index contributed by atoms with van der Waals surface area (Å²) in [5.41, 5.74) is 0. The Morgan fingerprint density at radius 3 is 1.70 bits per heavy atom. The van der Waals surface area contributed by atoms with Crippen molar-refractivity contribution >= 4 is 22.6 Å². The topological polar surface area (TPSA) is 0 Å². The number of halogens is 10. The summed E-state index contributed by atoms with van der Waals surface area (Å²) in [6, 6.07) is 0. The Hall–Kier alpha value is -0.160. The van der Waals surface area contributed by atoms with E-state index in [0.717, 1.165) is 0 Å². The van der Waals surface area contributed by atoms with Gasteiger partial charge in [-0.3, -0.25) is 0 Å². The molecular formula is C10H10F9I. The number of allylic oxidation sites excluding steroid dienone is 2. The molecule has 0 fully saturated rings. The first-order chi connectivity index (χ1) is 8.70. The predicted molar refractivity (Wildman–Crippen MR) is 62.5 cm³/mol. The molecule has 0 aromatic rings. The van der Waals surface area contributed by atoms with Gasteiger partial charge in [0.05, 0.1) is 0 Å². The maximum Gasteiger partial charge on any atom is 0.460 e. The molecular weight excluding hydrogens is 418 g/mol. The van der Waals surface area contributed by atoms with Gasteiger partial charge in [-0.15, -0.1) is 0 Å². The normalized spacial score (nSPS) is 15.7. The second-order valence-electron chi connectivity index (χ2n) is 3.96. The minimum atomic E-state index is -6.83. The Balaban J connectivity index is 5.47. The van der Waals surface area contributed by atoms with E-state index in [4.69, 9.17) is 0 Å². The van der Waals surface area contributed by atoms with E-state index < -0.39 is 33.6 Å². The summed E-state index contributed by atoms with van der Waals surface area (Å²) in [5, 5.41) is 0. The Morgan fingerprint density at radius 1 is 0.900 bits per heavy atom. The fourth-order valence-electron chi connectivity index (χ4n) is 1.09. The molecule has 0 radical (unpaired) electrons. The van der Waals surface area contributed by atoms with Crippen LogP contribution < -0.4 is 0 Å². The Bertz CT molecular complexity index is 356. The zero-order valence-electron chi connectivity index (χ0n) is 9.98. The van der Waals surface area contributed by atoms with Gasteiger partial charge in [-0.1, -0.05) is 13.3 Å². The Kier molecular flexibility index (Phi) is 6.25. The quantitative estimate of drug-likeness (QED) is 0.362. The maximum absolute atomic E-state index is 13.1. The van der Waals surface area contributed by atoms with Crippen molar-refractivity contribution in [2.24, 2.45) is 0 Å². The number of alkyl halides is 9. The van der Waals surface area contributed by atoms with E-state index in [1.54, 1.807) is 6.92 Å². The van der Waals surface area contributed by atoms with Crippen LogP contribution in [-0.4, -0.2) is 23.9 Å². The van der Waals surface area contributed by atoms with Crippen LogP contribution in [-0.2, 0) is 0 Å². The zero-order valence-corrected chi connectivity index (χ0v) is 12.1. The van der Waals surface area contributed by atoms with Gasteiger partial charge in [-0.2, -0.15) is 39.5 Å². The van der Waals surface area contributed by atoms with Crippen molar-refractivity contribution in [1.29, 1.82) is 0 Å². The third-order valence-corrected chi connectivity index (χ3v) is 3.13. The first-order valence-corrected chi connectivity index (χ1v) is 6.36. The van der Waals surface area contributed by atoms with E-state index in [1.807, 2.05) is 0 Å². The van der Waals surface area contributed by atoms with Crippen molar-refractivity contribution in [3.63, 3.8) is 0 Å². The van der Waals surface area contributed by atoms with Crippen LogP contribution in [0.3, 0.4) is 0 Å². The first-order valence-electron chi connectivity index (χ1n) is 5.28. The van der Waals surface area contributed by atoms with Gasteiger partial charge in [-0.05, 0) is 39.0 Å². The molecule has 0 saturated heterocycles. The van der Waals surface area contributed by atoms with Gasteiger partial charge in [0, 0.05) is 6.08 Å². The lowest BCUT2D eigenvalue weighted by Gasteiger charge is -2.32. The van der Waals surface area contributed by atoms with Crippen LogP contribution >= 0.6 is 22.6 Å². The van der Waals surface area contributed by atoms with Crippen LogP contribution in [0.4, 0.5) is 39.5 Å². The molecule has 0 aromatic heterocycles. The summed E-state index contributed by atoms with van der Waals surface area (Å²) in [5.74, 6) is -19.0. The summed E-state index contributed by atoms with van der Waals surface area (Å²) in [6.45, 7) is 1.66. The first kappa shape index (κ1) is 19.8. The molecule has 0 amide bonds. The molecule has 0 aliphatic heterocycles. The molecule has 0 spiro atoms. The molecule has 0 nitrogen and oxygen atoms in total. The average molecular weight is 428 g/mol. The van der Waals surface area contributed by atoms with Crippen molar-refractivity contribution in [1.82, 2.24) is 0 Å². The monoisotopic (exact) mass is 428 g/mol. The highest BCUT2D eigenvalue weighted by Crippen LogP contribution is 2.53. The molecule has 0 aliphatic carbocycles. The molecule has 10 heteroatoms. The van der Waals surface area contributed by atoms with Gasteiger partial charge in [0.25, 0.3) is 0 Å². The highest BCUT2D eigenvalue weighted by atomic mass is 127. The lowest BCUT2D eigenvalue weighted by atomic mass is 10.0. The summed E-state index contributed by atoms with van der Waals surface area (Å²) in [4.78, 5) is 0. The van der Waals surface area contributed by atoms with Gasteiger partial charge in [0.1, 0.15) is 0 Å². The molecule has 120 valence electrons. The molecule has 0 unspecified atom stereocenters. The minimum Gasteiger partial charge on any atom is -0.195 e. The van der Waals surface area contributed by atoms with Crippen molar-refractivity contribution in [2.75, 3.05) is 0 Å². The lowest BCUT2D eigenvalue weighted by molar-refractivity contribution is -0.388. The van der Waals surface area contributed by atoms with E-state index in [2.05, 4.69) is 0 Å². The van der Waals surface area contributed by atoms with Crippen molar-refractivity contribution in [3.05, 3.63) is 9.66 Å². The van der Waals surface area contributed by atoms with Gasteiger partial charge in [0.15, 0.2) is 0 Å². The molecule has 0 aliphatic rings.